The first-order chi connectivity index (χ1) is 9.92. The summed E-state index contributed by atoms with van der Waals surface area (Å²) in [5, 5.41) is 12.5. The number of aliphatic carboxylic acids is 1. The van der Waals surface area contributed by atoms with Crippen molar-refractivity contribution in [2.75, 3.05) is 19.6 Å². The van der Waals surface area contributed by atoms with Crippen molar-refractivity contribution in [1.29, 1.82) is 0 Å². The molecule has 1 rings (SSSR count). The number of piperidine rings is 1. The zero-order valence-electron chi connectivity index (χ0n) is 13.6. The van der Waals surface area contributed by atoms with Gasteiger partial charge in [0.15, 0.2) is 0 Å². The Hall–Kier alpha value is -1.10. The first-order valence-corrected chi connectivity index (χ1v) is 8.15. The molecule has 1 fully saturated rings. The fourth-order valence-corrected chi connectivity index (χ4v) is 2.90. The van der Waals surface area contributed by atoms with Crippen LogP contribution in [0.1, 0.15) is 52.9 Å². The molecule has 0 bridgehead atoms. The molecule has 1 aliphatic rings. The highest BCUT2D eigenvalue weighted by atomic mass is 16.4. The monoisotopic (exact) mass is 298 g/mol. The molecule has 5 nitrogen and oxygen atoms in total. The first-order valence-electron chi connectivity index (χ1n) is 8.15. The summed E-state index contributed by atoms with van der Waals surface area (Å²) >= 11 is 0. The molecule has 0 radical (unpaired) electrons. The van der Waals surface area contributed by atoms with E-state index in [9.17, 15) is 9.59 Å². The molecule has 0 aromatic rings. The van der Waals surface area contributed by atoms with Crippen LogP contribution in [0.2, 0.25) is 0 Å². The van der Waals surface area contributed by atoms with Crippen molar-refractivity contribution in [3.63, 3.8) is 0 Å². The van der Waals surface area contributed by atoms with Crippen molar-refractivity contribution in [2.45, 2.75) is 58.9 Å². The van der Waals surface area contributed by atoms with Gasteiger partial charge in [-0.1, -0.05) is 20.8 Å². The summed E-state index contributed by atoms with van der Waals surface area (Å²) < 4.78 is 0. The van der Waals surface area contributed by atoms with E-state index in [0.29, 0.717) is 25.4 Å². The summed E-state index contributed by atoms with van der Waals surface area (Å²) in [7, 11) is 0. The molecule has 2 atom stereocenters. The van der Waals surface area contributed by atoms with Gasteiger partial charge in [0, 0.05) is 32.0 Å². The number of carbonyl (C=O) groups excluding carboxylic acids is 1. The number of amides is 1. The number of hydrogen-bond acceptors (Lipinski definition) is 3. The molecule has 1 aliphatic heterocycles. The number of hydrogen-bond donors (Lipinski definition) is 2. The molecular weight excluding hydrogens is 268 g/mol. The molecule has 1 saturated heterocycles. The minimum atomic E-state index is -0.772. The molecule has 2 N–H and O–H groups in total. The Bertz CT molecular complexity index is 344. The molecule has 0 aromatic carbocycles. The number of nitrogens with one attached hydrogen (secondary N) is 1. The Morgan fingerprint density at radius 2 is 2.05 bits per heavy atom. The van der Waals surface area contributed by atoms with Crippen molar-refractivity contribution < 1.29 is 14.7 Å². The minimum absolute atomic E-state index is 0.0635. The summed E-state index contributed by atoms with van der Waals surface area (Å²) in [5.74, 6) is 0.0938. The number of carbonyl (C=O) groups is 2. The quantitative estimate of drug-likeness (QED) is 0.720. The van der Waals surface area contributed by atoms with Gasteiger partial charge in [0.25, 0.3) is 0 Å². The summed E-state index contributed by atoms with van der Waals surface area (Å²) in [6.45, 7) is 8.60. The topological polar surface area (TPSA) is 69.6 Å². The van der Waals surface area contributed by atoms with Crippen LogP contribution in [0.4, 0.5) is 0 Å². The van der Waals surface area contributed by atoms with E-state index in [0.717, 1.165) is 25.8 Å². The van der Waals surface area contributed by atoms with Crippen LogP contribution in [0.25, 0.3) is 0 Å². The third kappa shape index (κ3) is 6.93. The Labute approximate surface area is 128 Å². The normalized spacial score (nSPS) is 22.6. The van der Waals surface area contributed by atoms with Crippen molar-refractivity contribution >= 4 is 11.9 Å². The summed E-state index contributed by atoms with van der Waals surface area (Å²) in [6, 6.07) is 0.225. The lowest BCUT2D eigenvalue weighted by Crippen LogP contribution is -2.51. The molecule has 1 amide bonds. The van der Waals surface area contributed by atoms with Crippen LogP contribution >= 0.6 is 0 Å². The van der Waals surface area contributed by atoms with Gasteiger partial charge in [0.2, 0.25) is 5.91 Å². The Balaban J connectivity index is 2.56. The lowest BCUT2D eigenvalue weighted by molar-refractivity contribution is -0.141. The van der Waals surface area contributed by atoms with Crippen LogP contribution in [0, 0.1) is 11.8 Å². The predicted molar refractivity (Wildman–Crippen MR) is 83.1 cm³/mol. The van der Waals surface area contributed by atoms with E-state index in [1.54, 1.807) is 0 Å². The van der Waals surface area contributed by atoms with Crippen LogP contribution in [0.15, 0.2) is 0 Å². The average molecular weight is 298 g/mol. The fourth-order valence-electron chi connectivity index (χ4n) is 2.90. The van der Waals surface area contributed by atoms with Gasteiger partial charge in [-0.3, -0.25) is 9.59 Å². The molecule has 0 aromatic heterocycles. The van der Waals surface area contributed by atoms with Gasteiger partial charge in [-0.05, 0) is 37.6 Å². The van der Waals surface area contributed by atoms with Gasteiger partial charge in [-0.15, -0.1) is 0 Å². The lowest BCUT2D eigenvalue weighted by atomic mass is 9.91. The van der Waals surface area contributed by atoms with Crippen LogP contribution in [-0.4, -0.2) is 47.6 Å². The number of carboxylic acids is 1. The number of carboxylic acid groups (broad SMARTS) is 1. The van der Waals surface area contributed by atoms with Gasteiger partial charge >= 0.3 is 5.97 Å². The van der Waals surface area contributed by atoms with E-state index in [-0.39, 0.29) is 24.3 Å². The van der Waals surface area contributed by atoms with Gasteiger partial charge in [-0.2, -0.15) is 0 Å². The highest BCUT2D eigenvalue weighted by Crippen LogP contribution is 2.21. The molecular formula is C16H30N2O3. The lowest BCUT2D eigenvalue weighted by Gasteiger charge is -2.38. The molecule has 0 spiro atoms. The Morgan fingerprint density at radius 1 is 1.33 bits per heavy atom. The van der Waals surface area contributed by atoms with Crippen LogP contribution < -0.4 is 5.32 Å². The Morgan fingerprint density at radius 3 is 2.62 bits per heavy atom. The molecule has 5 heteroatoms. The van der Waals surface area contributed by atoms with E-state index in [4.69, 9.17) is 5.11 Å². The van der Waals surface area contributed by atoms with Crippen LogP contribution in [0.3, 0.4) is 0 Å². The second kappa shape index (κ2) is 9.03. The van der Waals surface area contributed by atoms with Crippen LogP contribution in [-0.2, 0) is 9.59 Å². The second-order valence-electron chi connectivity index (χ2n) is 6.58. The van der Waals surface area contributed by atoms with Gasteiger partial charge in [0.05, 0.1) is 0 Å². The highest BCUT2D eigenvalue weighted by molar-refractivity contribution is 5.76. The SMILES string of the molecule is CCCC(=O)N1CC(CC(=O)O)CC(NCCC(C)C)C1. The van der Waals surface area contributed by atoms with E-state index in [1.165, 1.54) is 0 Å². The predicted octanol–water partition coefficient (Wildman–Crippen LogP) is 2.11. The largest absolute Gasteiger partial charge is 0.481 e. The van der Waals surface area contributed by atoms with E-state index in [1.807, 2.05) is 11.8 Å². The van der Waals surface area contributed by atoms with E-state index >= 15 is 0 Å². The first kappa shape index (κ1) is 18.0. The maximum atomic E-state index is 12.1. The average Bonchev–Trinajstić information content (AvgIpc) is 2.37. The fraction of sp³-hybridized carbons (Fsp3) is 0.875. The standard InChI is InChI=1S/C16H30N2O3/c1-4-5-15(19)18-10-13(9-16(20)21)8-14(11-18)17-7-6-12(2)3/h12-14,17H,4-11H2,1-3H3,(H,20,21). The summed E-state index contributed by atoms with van der Waals surface area (Å²) in [4.78, 5) is 24.9. The second-order valence-corrected chi connectivity index (χ2v) is 6.58. The maximum Gasteiger partial charge on any atom is 0.303 e. The molecule has 21 heavy (non-hydrogen) atoms. The summed E-state index contributed by atoms with van der Waals surface area (Å²) in [5.41, 5.74) is 0. The third-order valence-corrected chi connectivity index (χ3v) is 3.97. The van der Waals surface area contributed by atoms with Crippen LogP contribution in [0.5, 0.6) is 0 Å². The maximum absolute atomic E-state index is 12.1. The van der Waals surface area contributed by atoms with E-state index in [2.05, 4.69) is 19.2 Å². The molecule has 1 heterocycles. The molecule has 0 saturated carbocycles. The van der Waals surface area contributed by atoms with Gasteiger partial charge in [0.1, 0.15) is 0 Å². The van der Waals surface area contributed by atoms with Crippen molar-refractivity contribution in [1.82, 2.24) is 10.2 Å². The van der Waals surface area contributed by atoms with Gasteiger partial charge in [-0.25, -0.2) is 0 Å². The summed E-state index contributed by atoms with van der Waals surface area (Å²) in [6.07, 6.45) is 3.49. The van der Waals surface area contributed by atoms with E-state index < -0.39 is 5.97 Å². The third-order valence-electron chi connectivity index (χ3n) is 3.97. The van der Waals surface area contributed by atoms with Crippen molar-refractivity contribution in [3.8, 4) is 0 Å². The van der Waals surface area contributed by atoms with Crippen molar-refractivity contribution in [2.24, 2.45) is 11.8 Å². The van der Waals surface area contributed by atoms with Crippen molar-refractivity contribution in [3.05, 3.63) is 0 Å². The molecule has 0 aliphatic carbocycles. The number of nitrogens with zero attached hydrogens (tertiary/aromatic N) is 1. The molecule has 2 unspecified atom stereocenters. The van der Waals surface area contributed by atoms with Gasteiger partial charge < -0.3 is 15.3 Å². The minimum Gasteiger partial charge on any atom is -0.481 e. The smallest absolute Gasteiger partial charge is 0.303 e. The zero-order valence-corrected chi connectivity index (χ0v) is 13.6. The highest BCUT2D eigenvalue weighted by Gasteiger charge is 2.30. The zero-order chi connectivity index (χ0) is 15.8. The molecule has 122 valence electrons. The Kier molecular flexibility index (Phi) is 7.72. The number of likely N-dealkylation sites (tertiary alicyclic amines) is 1. The number of rotatable bonds is 8.